The molecule has 9 heteroatoms. The molecule has 27 heavy (non-hydrogen) atoms. The Bertz CT molecular complexity index is 957. The van der Waals surface area contributed by atoms with Crippen LogP contribution in [0, 0.1) is 5.82 Å². The van der Waals surface area contributed by atoms with Crippen molar-refractivity contribution in [3.05, 3.63) is 65.6 Å². The van der Waals surface area contributed by atoms with E-state index in [1.54, 1.807) is 18.2 Å². The van der Waals surface area contributed by atoms with Gasteiger partial charge in [-0.15, -0.1) is 0 Å². The average Bonchev–Trinajstić information content (AvgIpc) is 3.34. The van der Waals surface area contributed by atoms with Crippen LogP contribution in [0.1, 0.15) is 22.1 Å². The van der Waals surface area contributed by atoms with Crippen LogP contribution in [-0.4, -0.2) is 22.9 Å². The molecule has 1 aliphatic rings. The molecule has 2 heterocycles. The Hall–Kier alpha value is -3.62. The van der Waals surface area contributed by atoms with E-state index in [-0.39, 0.29) is 37.5 Å². The number of aromatic nitrogens is 2. The molecule has 4 rings (SSSR count). The minimum absolute atomic E-state index is 0.0330. The van der Waals surface area contributed by atoms with E-state index in [0.29, 0.717) is 22.8 Å². The Labute approximate surface area is 152 Å². The minimum atomic E-state index is -0.560. The average molecular weight is 372 g/mol. The summed E-state index contributed by atoms with van der Waals surface area (Å²) in [5.74, 6) is 1.02. The summed E-state index contributed by atoms with van der Waals surface area (Å²) in [5.41, 5.74) is 0.318. The quantitative estimate of drug-likeness (QED) is 0.610. The van der Waals surface area contributed by atoms with Crippen molar-refractivity contribution >= 4 is 5.97 Å². The van der Waals surface area contributed by atoms with E-state index in [1.165, 1.54) is 24.3 Å². The van der Waals surface area contributed by atoms with Crippen LogP contribution in [0.15, 0.2) is 47.0 Å². The predicted molar refractivity (Wildman–Crippen MR) is 86.7 cm³/mol. The van der Waals surface area contributed by atoms with E-state index in [9.17, 15) is 9.18 Å². The number of halogens is 1. The van der Waals surface area contributed by atoms with E-state index in [0.717, 1.165) is 0 Å². The summed E-state index contributed by atoms with van der Waals surface area (Å²) in [6, 6.07) is 10.3. The highest BCUT2D eigenvalue weighted by atomic mass is 19.1. The van der Waals surface area contributed by atoms with Gasteiger partial charge >= 0.3 is 5.97 Å². The molecule has 8 nitrogen and oxygen atoms in total. The molecule has 0 amide bonds. The summed E-state index contributed by atoms with van der Waals surface area (Å²) in [6.07, 6.45) is 0. The number of ether oxygens (including phenoxy) is 4. The van der Waals surface area contributed by atoms with Gasteiger partial charge in [-0.05, 0) is 42.5 Å². The summed E-state index contributed by atoms with van der Waals surface area (Å²) in [4.78, 5) is 16.2. The number of hydrogen-bond acceptors (Lipinski definition) is 8. The Morgan fingerprint density at radius 2 is 1.89 bits per heavy atom. The molecule has 0 fully saturated rings. The van der Waals surface area contributed by atoms with E-state index in [4.69, 9.17) is 23.5 Å². The second-order valence-corrected chi connectivity index (χ2v) is 5.49. The van der Waals surface area contributed by atoms with Gasteiger partial charge in [-0.2, -0.15) is 4.98 Å². The highest BCUT2D eigenvalue weighted by Gasteiger charge is 2.18. The SMILES string of the molecule is O=C(OCc1nc(COc2ccc(F)cc2)no1)c1ccc2c(c1)OCO2. The van der Waals surface area contributed by atoms with Crippen molar-refractivity contribution in [2.75, 3.05) is 6.79 Å². The molecule has 1 aromatic heterocycles. The number of rotatable bonds is 6. The molecule has 0 unspecified atom stereocenters. The van der Waals surface area contributed by atoms with Gasteiger partial charge in [-0.1, -0.05) is 5.16 Å². The molecule has 3 aromatic rings. The van der Waals surface area contributed by atoms with Gasteiger partial charge in [0.2, 0.25) is 12.6 Å². The predicted octanol–water partition coefficient (Wildman–Crippen LogP) is 2.87. The van der Waals surface area contributed by atoms with E-state index >= 15 is 0 Å². The maximum absolute atomic E-state index is 12.8. The van der Waals surface area contributed by atoms with Gasteiger partial charge in [0.1, 0.15) is 11.6 Å². The molecule has 0 saturated heterocycles. The van der Waals surface area contributed by atoms with Crippen LogP contribution in [-0.2, 0) is 18.0 Å². The second kappa shape index (κ2) is 7.32. The maximum atomic E-state index is 12.8. The minimum Gasteiger partial charge on any atom is -0.485 e. The summed E-state index contributed by atoms with van der Waals surface area (Å²) in [7, 11) is 0. The van der Waals surface area contributed by atoms with E-state index < -0.39 is 5.97 Å². The van der Waals surface area contributed by atoms with Gasteiger partial charge in [0.05, 0.1) is 5.56 Å². The van der Waals surface area contributed by atoms with Crippen LogP contribution in [0.4, 0.5) is 4.39 Å². The molecule has 138 valence electrons. The first-order valence-corrected chi connectivity index (χ1v) is 7.94. The van der Waals surface area contributed by atoms with Crippen molar-refractivity contribution in [3.8, 4) is 17.2 Å². The lowest BCUT2D eigenvalue weighted by molar-refractivity contribution is 0.0429. The summed E-state index contributed by atoms with van der Waals surface area (Å²) < 4.78 is 38.8. The Balaban J connectivity index is 1.30. The third-order valence-electron chi connectivity index (χ3n) is 3.63. The molecule has 0 N–H and O–H groups in total. The van der Waals surface area contributed by atoms with Gasteiger partial charge in [0.25, 0.3) is 5.89 Å². The Kier molecular flexibility index (Phi) is 4.56. The largest absolute Gasteiger partial charge is 0.485 e. The van der Waals surface area contributed by atoms with E-state index in [1.807, 2.05) is 0 Å². The fourth-order valence-corrected chi connectivity index (χ4v) is 2.32. The number of fused-ring (bicyclic) bond motifs is 1. The molecule has 1 aliphatic heterocycles. The van der Waals surface area contributed by atoms with Crippen molar-refractivity contribution < 1.29 is 32.7 Å². The van der Waals surface area contributed by atoms with Crippen molar-refractivity contribution in [1.82, 2.24) is 10.1 Å². The number of hydrogen-bond donors (Lipinski definition) is 0. The monoisotopic (exact) mass is 372 g/mol. The zero-order valence-electron chi connectivity index (χ0n) is 13.9. The normalized spacial score (nSPS) is 12.0. The number of carbonyl (C=O) groups is 1. The van der Waals surface area contributed by atoms with Crippen molar-refractivity contribution in [2.24, 2.45) is 0 Å². The molecule has 0 radical (unpaired) electrons. The van der Waals surface area contributed by atoms with Gasteiger partial charge in [0, 0.05) is 0 Å². The van der Waals surface area contributed by atoms with Gasteiger partial charge in [-0.3, -0.25) is 0 Å². The zero-order valence-corrected chi connectivity index (χ0v) is 13.9. The summed E-state index contributed by atoms with van der Waals surface area (Å²) in [6.45, 7) is -0.0271. The zero-order chi connectivity index (χ0) is 18.6. The molecular weight excluding hydrogens is 359 g/mol. The van der Waals surface area contributed by atoms with Crippen LogP contribution >= 0.6 is 0 Å². The third-order valence-corrected chi connectivity index (χ3v) is 3.63. The molecule has 2 aromatic carbocycles. The van der Waals surface area contributed by atoms with Crippen molar-refractivity contribution in [2.45, 2.75) is 13.2 Å². The number of carbonyl (C=O) groups excluding carboxylic acids is 1. The standard InChI is InChI=1S/C18H13FN2O6/c19-12-2-4-13(5-3-12)23-8-16-20-17(27-21-16)9-24-18(22)11-1-6-14-15(7-11)26-10-25-14/h1-7H,8-10H2. The van der Waals surface area contributed by atoms with Gasteiger partial charge in [-0.25, -0.2) is 9.18 Å². The number of nitrogens with zero attached hydrogens (tertiary/aromatic N) is 2. The van der Waals surface area contributed by atoms with Crippen LogP contribution in [0.5, 0.6) is 17.2 Å². The lowest BCUT2D eigenvalue weighted by Crippen LogP contribution is -2.05. The topological polar surface area (TPSA) is 92.9 Å². The molecule has 0 aliphatic carbocycles. The van der Waals surface area contributed by atoms with E-state index in [2.05, 4.69) is 10.1 Å². The molecular formula is C18H13FN2O6. The highest BCUT2D eigenvalue weighted by Crippen LogP contribution is 2.32. The Morgan fingerprint density at radius 3 is 2.74 bits per heavy atom. The van der Waals surface area contributed by atoms with Crippen LogP contribution in [0.3, 0.4) is 0 Å². The first kappa shape index (κ1) is 16.8. The number of esters is 1. The van der Waals surface area contributed by atoms with Crippen LogP contribution < -0.4 is 14.2 Å². The highest BCUT2D eigenvalue weighted by molar-refractivity contribution is 5.90. The van der Waals surface area contributed by atoms with Crippen LogP contribution in [0.2, 0.25) is 0 Å². The lowest BCUT2D eigenvalue weighted by Gasteiger charge is -2.03. The van der Waals surface area contributed by atoms with Crippen LogP contribution in [0.25, 0.3) is 0 Å². The second-order valence-electron chi connectivity index (χ2n) is 5.49. The number of benzene rings is 2. The third kappa shape index (κ3) is 3.97. The molecule has 0 bridgehead atoms. The first-order chi connectivity index (χ1) is 13.2. The smallest absolute Gasteiger partial charge is 0.338 e. The summed E-state index contributed by atoms with van der Waals surface area (Å²) in [5, 5.41) is 3.73. The molecule has 0 saturated carbocycles. The fraction of sp³-hybridized carbons (Fsp3) is 0.167. The molecule has 0 spiro atoms. The lowest BCUT2D eigenvalue weighted by atomic mass is 10.2. The maximum Gasteiger partial charge on any atom is 0.338 e. The van der Waals surface area contributed by atoms with Crippen molar-refractivity contribution in [1.29, 1.82) is 0 Å². The first-order valence-electron chi connectivity index (χ1n) is 7.94. The van der Waals surface area contributed by atoms with Gasteiger partial charge in [0.15, 0.2) is 24.7 Å². The van der Waals surface area contributed by atoms with Crippen molar-refractivity contribution in [3.63, 3.8) is 0 Å². The molecule has 0 atom stereocenters. The fourth-order valence-electron chi connectivity index (χ4n) is 2.32. The summed E-state index contributed by atoms with van der Waals surface area (Å²) >= 11 is 0. The van der Waals surface area contributed by atoms with Gasteiger partial charge < -0.3 is 23.5 Å². The Morgan fingerprint density at radius 1 is 1.07 bits per heavy atom.